The minimum Gasteiger partial charge on any atom is -0.493 e. The molecule has 0 aromatic heterocycles. The first-order valence-electron chi connectivity index (χ1n) is 5.73. The molecule has 0 aliphatic rings. The van der Waals surface area contributed by atoms with E-state index in [9.17, 15) is 13.2 Å². The van der Waals surface area contributed by atoms with Gasteiger partial charge in [0.05, 0.1) is 23.8 Å². The van der Waals surface area contributed by atoms with Crippen LogP contribution in [0.3, 0.4) is 0 Å². The topological polar surface area (TPSA) is 33.0 Å². The first-order valence-corrected chi connectivity index (χ1v) is 5.73. The molecule has 0 N–H and O–H groups in total. The first-order chi connectivity index (χ1) is 8.49. The fourth-order valence-corrected chi connectivity index (χ4v) is 1.48. The van der Waals surface area contributed by atoms with Crippen molar-refractivity contribution in [2.24, 2.45) is 0 Å². The Hall–Kier alpha value is -1.70. The maximum atomic E-state index is 12.8. The van der Waals surface area contributed by atoms with Crippen molar-refractivity contribution in [3.8, 4) is 11.8 Å². The zero-order valence-corrected chi connectivity index (χ0v) is 10.0. The van der Waals surface area contributed by atoms with Crippen LogP contribution in [-0.2, 0) is 6.18 Å². The first kappa shape index (κ1) is 14.4. The summed E-state index contributed by atoms with van der Waals surface area (Å²) >= 11 is 0. The van der Waals surface area contributed by atoms with E-state index in [-0.39, 0.29) is 17.9 Å². The maximum absolute atomic E-state index is 12.8. The van der Waals surface area contributed by atoms with Crippen molar-refractivity contribution in [1.29, 1.82) is 5.26 Å². The van der Waals surface area contributed by atoms with Gasteiger partial charge in [-0.05, 0) is 24.6 Å². The molecule has 2 nitrogen and oxygen atoms in total. The molecule has 18 heavy (non-hydrogen) atoms. The number of benzene rings is 1. The molecule has 0 amide bonds. The summed E-state index contributed by atoms with van der Waals surface area (Å²) in [4.78, 5) is 0. The predicted octanol–water partition coefficient (Wildman–Crippen LogP) is 4.15. The Labute approximate surface area is 104 Å². The number of halogens is 3. The molecule has 1 aromatic rings. The lowest BCUT2D eigenvalue weighted by molar-refractivity contribution is -0.139. The van der Waals surface area contributed by atoms with Crippen LogP contribution in [0.25, 0.3) is 0 Å². The quantitative estimate of drug-likeness (QED) is 0.742. The van der Waals surface area contributed by atoms with E-state index in [1.165, 1.54) is 12.1 Å². The Bertz CT molecular complexity index is 435. The van der Waals surface area contributed by atoms with E-state index in [0.717, 1.165) is 18.9 Å². The van der Waals surface area contributed by atoms with E-state index in [1.807, 2.05) is 6.92 Å². The summed E-state index contributed by atoms with van der Waals surface area (Å²) in [5.41, 5.74) is -0.915. The van der Waals surface area contributed by atoms with Crippen LogP contribution in [0.1, 0.15) is 37.3 Å². The molecule has 0 radical (unpaired) electrons. The highest BCUT2D eigenvalue weighted by atomic mass is 19.4. The van der Waals surface area contributed by atoms with Gasteiger partial charge >= 0.3 is 6.18 Å². The molecule has 0 aliphatic carbocycles. The molecule has 1 rings (SSSR count). The molecular formula is C13H14F3NO. The summed E-state index contributed by atoms with van der Waals surface area (Å²) in [5, 5.41) is 8.61. The summed E-state index contributed by atoms with van der Waals surface area (Å²) < 4.78 is 43.4. The third kappa shape index (κ3) is 3.95. The van der Waals surface area contributed by atoms with Crippen LogP contribution in [-0.4, -0.2) is 6.61 Å². The van der Waals surface area contributed by atoms with Gasteiger partial charge in [-0.1, -0.05) is 19.8 Å². The Morgan fingerprint density at radius 2 is 2.00 bits per heavy atom. The van der Waals surface area contributed by atoms with Crippen molar-refractivity contribution in [3.63, 3.8) is 0 Å². The van der Waals surface area contributed by atoms with Crippen LogP contribution in [0.2, 0.25) is 0 Å². The fraction of sp³-hybridized carbons (Fsp3) is 0.462. The molecule has 0 heterocycles. The number of nitriles is 1. The van der Waals surface area contributed by atoms with Crippen molar-refractivity contribution >= 4 is 0 Å². The van der Waals surface area contributed by atoms with Crippen molar-refractivity contribution < 1.29 is 17.9 Å². The molecule has 5 heteroatoms. The highest BCUT2D eigenvalue weighted by molar-refractivity contribution is 5.43. The maximum Gasteiger partial charge on any atom is 0.420 e. The van der Waals surface area contributed by atoms with Crippen LogP contribution in [0.15, 0.2) is 18.2 Å². The van der Waals surface area contributed by atoms with Gasteiger partial charge < -0.3 is 4.74 Å². The number of hydrogen-bond donors (Lipinski definition) is 0. The second-order valence-corrected chi connectivity index (χ2v) is 3.88. The van der Waals surface area contributed by atoms with Crippen LogP contribution in [0.4, 0.5) is 13.2 Å². The summed E-state index contributed by atoms with van der Waals surface area (Å²) in [5.74, 6) is -0.211. The average Bonchev–Trinajstić information content (AvgIpc) is 2.33. The third-order valence-corrected chi connectivity index (χ3v) is 2.42. The number of hydrogen-bond acceptors (Lipinski definition) is 2. The summed E-state index contributed by atoms with van der Waals surface area (Å²) in [6.07, 6.45) is -1.90. The second kappa shape index (κ2) is 6.29. The standard InChI is InChI=1S/C13H14F3NO/c1-2-3-4-7-18-12-6-5-10(9-17)8-11(12)13(14,15)16/h5-6,8H,2-4,7H2,1H3. The molecule has 0 atom stereocenters. The average molecular weight is 257 g/mol. The molecule has 0 saturated heterocycles. The Kier molecular flexibility index (Phi) is 5.02. The van der Waals surface area contributed by atoms with Gasteiger partial charge in [0.1, 0.15) is 5.75 Å². The summed E-state index contributed by atoms with van der Waals surface area (Å²) in [7, 11) is 0. The molecule has 0 unspecified atom stereocenters. The fourth-order valence-electron chi connectivity index (χ4n) is 1.48. The second-order valence-electron chi connectivity index (χ2n) is 3.88. The van der Waals surface area contributed by atoms with Crippen molar-refractivity contribution in [1.82, 2.24) is 0 Å². The lowest BCUT2D eigenvalue weighted by Crippen LogP contribution is -2.09. The normalized spacial score (nSPS) is 11.1. The van der Waals surface area contributed by atoms with E-state index < -0.39 is 11.7 Å². The number of rotatable bonds is 5. The van der Waals surface area contributed by atoms with Gasteiger partial charge in [-0.15, -0.1) is 0 Å². The van der Waals surface area contributed by atoms with Crippen molar-refractivity contribution in [3.05, 3.63) is 29.3 Å². The molecule has 98 valence electrons. The van der Waals surface area contributed by atoms with E-state index >= 15 is 0 Å². The highest BCUT2D eigenvalue weighted by Crippen LogP contribution is 2.36. The third-order valence-electron chi connectivity index (χ3n) is 2.42. The van der Waals surface area contributed by atoms with E-state index in [0.29, 0.717) is 6.42 Å². The summed E-state index contributed by atoms with van der Waals surface area (Å²) in [6, 6.07) is 5.03. The molecular weight excluding hydrogens is 243 g/mol. The minimum absolute atomic E-state index is 0.0248. The molecule has 1 aromatic carbocycles. The molecule has 0 saturated carbocycles. The number of alkyl halides is 3. The van der Waals surface area contributed by atoms with Gasteiger partial charge in [0.25, 0.3) is 0 Å². The predicted molar refractivity (Wildman–Crippen MR) is 61.2 cm³/mol. The molecule has 0 aliphatic heterocycles. The molecule has 0 fully saturated rings. The monoisotopic (exact) mass is 257 g/mol. The van der Waals surface area contributed by atoms with Crippen molar-refractivity contribution in [2.75, 3.05) is 6.61 Å². The van der Waals surface area contributed by atoms with Crippen LogP contribution in [0.5, 0.6) is 5.75 Å². The Morgan fingerprint density at radius 1 is 1.28 bits per heavy atom. The number of ether oxygens (including phenoxy) is 1. The van der Waals surface area contributed by atoms with Crippen LogP contribution < -0.4 is 4.74 Å². The van der Waals surface area contributed by atoms with Gasteiger partial charge in [-0.2, -0.15) is 18.4 Å². The van der Waals surface area contributed by atoms with Crippen molar-refractivity contribution in [2.45, 2.75) is 32.4 Å². The van der Waals surface area contributed by atoms with E-state index in [1.54, 1.807) is 6.07 Å². The van der Waals surface area contributed by atoms with E-state index in [2.05, 4.69) is 0 Å². The molecule has 0 bridgehead atoms. The Morgan fingerprint density at radius 3 is 2.56 bits per heavy atom. The van der Waals surface area contributed by atoms with Gasteiger partial charge in [-0.25, -0.2) is 0 Å². The number of unbranched alkanes of at least 4 members (excludes halogenated alkanes) is 2. The Balaban J connectivity index is 2.87. The van der Waals surface area contributed by atoms with Crippen LogP contribution in [0, 0.1) is 11.3 Å². The lowest BCUT2D eigenvalue weighted by Gasteiger charge is -2.14. The largest absolute Gasteiger partial charge is 0.493 e. The van der Waals surface area contributed by atoms with Crippen LogP contribution >= 0.6 is 0 Å². The number of nitrogens with zero attached hydrogens (tertiary/aromatic N) is 1. The molecule has 0 spiro atoms. The van der Waals surface area contributed by atoms with Gasteiger partial charge in [-0.3, -0.25) is 0 Å². The summed E-state index contributed by atoms with van der Waals surface area (Å²) in [6.45, 7) is 2.26. The van der Waals surface area contributed by atoms with Gasteiger partial charge in [0.2, 0.25) is 0 Å². The van der Waals surface area contributed by atoms with E-state index in [4.69, 9.17) is 10.00 Å². The lowest BCUT2D eigenvalue weighted by atomic mass is 10.1. The SMILES string of the molecule is CCCCCOc1ccc(C#N)cc1C(F)(F)F. The van der Waals surface area contributed by atoms with Gasteiger partial charge in [0, 0.05) is 0 Å². The minimum atomic E-state index is -4.51. The van der Waals surface area contributed by atoms with Gasteiger partial charge in [0.15, 0.2) is 0 Å². The zero-order chi connectivity index (χ0) is 13.6. The smallest absolute Gasteiger partial charge is 0.420 e. The highest BCUT2D eigenvalue weighted by Gasteiger charge is 2.34. The zero-order valence-electron chi connectivity index (χ0n) is 10.0.